The number of H-pyrrole nitrogens is 1. The number of hydrogen-bond acceptors (Lipinski definition) is 2. The minimum absolute atomic E-state index is 0.400. The van der Waals surface area contributed by atoms with Crippen LogP contribution in [-0.4, -0.2) is 16.5 Å². The number of fused-ring (bicyclic) bond motifs is 1. The number of benzene rings is 1. The van der Waals surface area contributed by atoms with Gasteiger partial charge in [0.1, 0.15) is 5.82 Å². The number of nitrogens with one attached hydrogen (secondary N) is 2. The van der Waals surface area contributed by atoms with Crippen molar-refractivity contribution < 1.29 is 0 Å². The molecule has 1 saturated heterocycles. The van der Waals surface area contributed by atoms with Gasteiger partial charge in [0.2, 0.25) is 0 Å². The van der Waals surface area contributed by atoms with Crippen LogP contribution in [0, 0.1) is 6.92 Å². The highest BCUT2D eigenvalue weighted by atomic mass is 15.0. The summed E-state index contributed by atoms with van der Waals surface area (Å²) in [5.41, 5.74) is 3.53. The lowest BCUT2D eigenvalue weighted by atomic mass is 10.0. The molecule has 1 aromatic heterocycles. The summed E-state index contributed by atoms with van der Waals surface area (Å²) >= 11 is 0. The van der Waals surface area contributed by atoms with Crippen LogP contribution in [0.2, 0.25) is 0 Å². The molecule has 0 bridgehead atoms. The van der Waals surface area contributed by atoms with Gasteiger partial charge < -0.3 is 10.3 Å². The van der Waals surface area contributed by atoms with E-state index in [9.17, 15) is 0 Å². The Bertz CT molecular complexity index is 522. The lowest BCUT2D eigenvalue weighted by Gasteiger charge is -2.19. The van der Waals surface area contributed by atoms with Crippen LogP contribution < -0.4 is 5.32 Å². The topological polar surface area (TPSA) is 40.7 Å². The molecule has 1 aliphatic rings. The van der Waals surface area contributed by atoms with E-state index in [0.717, 1.165) is 23.4 Å². The lowest BCUT2D eigenvalue weighted by molar-refractivity contribution is 0.416. The number of para-hydroxylation sites is 1. The SMILES string of the molecule is Cc1cccc2[nH]c(C3CCCCCCN3)nc12. The number of rotatable bonds is 1. The Hall–Kier alpha value is -1.35. The van der Waals surface area contributed by atoms with Crippen molar-refractivity contribution in [1.29, 1.82) is 0 Å². The highest BCUT2D eigenvalue weighted by Crippen LogP contribution is 2.24. The largest absolute Gasteiger partial charge is 0.341 e. The monoisotopic (exact) mass is 243 g/mol. The summed E-state index contributed by atoms with van der Waals surface area (Å²) in [6.07, 6.45) is 6.50. The summed E-state index contributed by atoms with van der Waals surface area (Å²) in [5.74, 6) is 1.11. The first kappa shape index (κ1) is 11.7. The molecule has 0 radical (unpaired) electrons. The van der Waals surface area contributed by atoms with Crippen molar-refractivity contribution in [2.24, 2.45) is 0 Å². The van der Waals surface area contributed by atoms with Crippen LogP contribution in [0.5, 0.6) is 0 Å². The van der Waals surface area contributed by atoms with E-state index in [4.69, 9.17) is 4.98 Å². The van der Waals surface area contributed by atoms with Crippen LogP contribution in [0.1, 0.15) is 49.5 Å². The number of imidazole rings is 1. The molecule has 96 valence electrons. The van der Waals surface area contributed by atoms with E-state index in [-0.39, 0.29) is 0 Å². The van der Waals surface area contributed by atoms with Crippen LogP contribution >= 0.6 is 0 Å². The Morgan fingerprint density at radius 1 is 1.17 bits per heavy atom. The highest BCUT2D eigenvalue weighted by Gasteiger charge is 2.16. The Labute approximate surface area is 108 Å². The molecule has 3 rings (SSSR count). The van der Waals surface area contributed by atoms with Gasteiger partial charge in [0.25, 0.3) is 0 Å². The van der Waals surface area contributed by atoms with E-state index in [2.05, 4.69) is 35.4 Å². The van der Waals surface area contributed by atoms with Gasteiger partial charge in [0, 0.05) is 0 Å². The van der Waals surface area contributed by atoms with Crippen LogP contribution in [-0.2, 0) is 0 Å². The van der Waals surface area contributed by atoms with E-state index < -0.39 is 0 Å². The number of aromatic nitrogens is 2. The maximum Gasteiger partial charge on any atom is 0.124 e. The minimum atomic E-state index is 0.400. The maximum atomic E-state index is 4.79. The van der Waals surface area contributed by atoms with Gasteiger partial charge in [0.05, 0.1) is 17.1 Å². The van der Waals surface area contributed by atoms with Crippen LogP contribution in [0.4, 0.5) is 0 Å². The molecule has 0 aliphatic carbocycles. The fraction of sp³-hybridized carbons (Fsp3) is 0.533. The summed E-state index contributed by atoms with van der Waals surface area (Å²) in [7, 11) is 0. The molecule has 1 atom stereocenters. The predicted molar refractivity (Wildman–Crippen MR) is 74.7 cm³/mol. The fourth-order valence-corrected chi connectivity index (χ4v) is 2.80. The molecule has 3 heteroatoms. The van der Waals surface area contributed by atoms with E-state index >= 15 is 0 Å². The van der Waals surface area contributed by atoms with E-state index in [1.807, 2.05) is 0 Å². The Kier molecular flexibility index (Phi) is 3.33. The van der Waals surface area contributed by atoms with E-state index in [0.29, 0.717) is 6.04 Å². The highest BCUT2D eigenvalue weighted by molar-refractivity contribution is 5.78. The summed E-state index contributed by atoms with van der Waals surface area (Å²) in [4.78, 5) is 8.27. The normalized spacial score (nSPS) is 21.7. The zero-order valence-corrected chi connectivity index (χ0v) is 11.0. The summed E-state index contributed by atoms with van der Waals surface area (Å²) < 4.78 is 0. The quantitative estimate of drug-likeness (QED) is 0.805. The van der Waals surface area contributed by atoms with E-state index in [1.54, 1.807) is 0 Å². The first-order valence-electron chi connectivity index (χ1n) is 7.03. The second kappa shape index (κ2) is 5.11. The lowest BCUT2D eigenvalue weighted by Crippen LogP contribution is -2.24. The van der Waals surface area contributed by atoms with Crippen molar-refractivity contribution >= 4 is 11.0 Å². The second-order valence-electron chi connectivity index (χ2n) is 5.30. The van der Waals surface area contributed by atoms with Gasteiger partial charge in [-0.15, -0.1) is 0 Å². The van der Waals surface area contributed by atoms with Crippen LogP contribution in [0.3, 0.4) is 0 Å². The number of aromatic amines is 1. The molecule has 1 fully saturated rings. The first-order valence-corrected chi connectivity index (χ1v) is 7.03. The molecule has 2 aromatic rings. The maximum absolute atomic E-state index is 4.79. The standard InChI is InChI=1S/C15H21N3/c1-11-7-6-9-12-14(11)18-15(17-12)13-8-4-2-3-5-10-16-13/h6-7,9,13,16H,2-5,8,10H2,1H3,(H,17,18). The second-order valence-corrected chi connectivity index (χ2v) is 5.30. The molecular formula is C15H21N3. The number of hydrogen-bond donors (Lipinski definition) is 2. The average Bonchev–Trinajstić information content (AvgIpc) is 2.73. The molecule has 0 amide bonds. The zero-order valence-electron chi connectivity index (χ0n) is 11.0. The van der Waals surface area contributed by atoms with Crippen LogP contribution in [0.15, 0.2) is 18.2 Å². The predicted octanol–water partition coefficient (Wildman–Crippen LogP) is 3.47. The molecule has 1 aromatic carbocycles. The molecule has 3 nitrogen and oxygen atoms in total. The van der Waals surface area contributed by atoms with E-state index in [1.165, 1.54) is 37.7 Å². The van der Waals surface area contributed by atoms with Crippen molar-refractivity contribution in [1.82, 2.24) is 15.3 Å². The van der Waals surface area contributed by atoms with Crippen LogP contribution in [0.25, 0.3) is 11.0 Å². The number of aryl methyl sites for hydroxylation is 1. The van der Waals surface area contributed by atoms with Gasteiger partial charge in [-0.1, -0.05) is 31.4 Å². The third kappa shape index (κ3) is 2.27. The third-order valence-electron chi connectivity index (χ3n) is 3.87. The summed E-state index contributed by atoms with van der Waals surface area (Å²) in [6, 6.07) is 6.72. The smallest absolute Gasteiger partial charge is 0.124 e. The zero-order chi connectivity index (χ0) is 12.4. The van der Waals surface area contributed by atoms with Crippen molar-refractivity contribution in [2.75, 3.05) is 6.54 Å². The molecule has 0 saturated carbocycles. The molecular weight excluding hydrogens is 222 g/mol. The Balaban J connectivity index is 1.90. The fourth-order valence-electron chi connectivity index (χ4n) is 2.80. The van der Waals surface area contributed by atoms with Crippen molar-refractivity contribution in [3.63, 3.8) is 0 Å². The van der Waals surface area contributed by atoms with Gasteiger partial charge in [-0.25, -0.2) is 4.98 Å². The van der Waals surface area contributed by atoms with Gasteiger partial charge in [-0.05, 0) is 37.9 Å². The molecule has 1 unspecified atom stereocenters. The Morgan fingerprint density at radius 3 is 2.94 bits per heavy atom. The average molecular weight is 243 g/mol. The minimum Gasteiger partial charge on any atom is -0.341 e. The van der Waals surface area contributed by atoms with Crippen molar-refractivity contribution in [3.05, 3.63) is 29.6 Å². The molecule has 2 N–H and O–H groups in total. The Morgan fingerprint density at radius 2 is 2.06 bits per heavy atom. The van der Waals surface area contributed by atoms with Gasteiger partial charge >= 0.3 is 0 Å². The van der Waals surface area contributed by atoms with Crippen molar-refractivity contribution in [2.45, 2.75) is 45.1 Å². The third-order valence-corrected chi connectivity index (χ3v) is 3.87. The first-order chi connectivity index (χ1) is 8.84. The number of nitrogens with zero attached hydrogens (tertiary/aromatic N) is 1. The summed E-state index contributed by atoms with van der Waals surface area (Å²) in [6.45, 7) is 3.24. The van der Waals surface area contributed by atoms with Crippen molar-refractivity contribution in [3.8, 4) is 0 Å². The molecule has 0 spiro atoms. The van der Waals surface area contributed by atoms with Gasteiger partial charge in [-0.2, -0.15) is 0 Å². The summed E-state index contributed by atoms with van der Waals surface area (Å²) in [5, 5.41) is 3.62. The molecule has 1 aliphatic heterocycles. The molecule has 18 heavy (non-hydrogen) atoms. The molecule has 2 heterocycles. The van der Waals surface area contributed by atoms with Gasteiger partial charge in [-0.3, -0.25) is 0 Å². The van der Waals surface area contributed by atoms with Gasteiger partial charge in [0.15, 0.2) is 0 Å².